The maximum absolute atomic E-state index is 4.52. The van der Waals surface area contributed by atoms with E-state index in [0.29, 0.717) is 0 Å². The van der Waals surface area contributed by atoms with Crippen LogP contribution in [0.3, 0.4) is 0 Å². The summed E-state index contributed by atoms with van der Waals surface area (Å²) in [6.07, 6.45) is 3.89. The number of benzene rings is 2. The molecule has 0 unspecified atom stereocenters. The Morgan fingerprint density at radius 2 is 1.95 bits per heavy atom. The highest BCUT2D eigenvalue weighted by Gasteiger charge is 2.08. The normalized spacial score (nSPS) is 10.7. The van der Waals surface area contributed by atoms with Gasteiger partial charge in [0, 0.05) is 29.0 Å². The molecule has 1 aromatic heterocycles. The van der Waals surface area contributed by atoms with Crippen LogP contribution in [0.4, 0.5) is 0 Å². The Kier molecular flexibility index (Phi) is 3.70. The Bertz CT molecular complexity index is 731. The summed E-state index contributed by atoms with van der Waals surface area (Å²) in [7, 11) is 0. The van der Waals surface area contributed by atoms with Gasteiger partial charge in [0.2, 0.25) is 0 Å². The highest BCUT2D eigenvalue weighted by Crippen LogP contribution is 2.22. The molecule has 3 rings (SSSR count). The predicted molar refractivity (Wildman–Crippen MR) is 85.6 cm³/mol. The lowest BCUT2D eigenvalue weighted by molar-refractivity contribution is 0.806. The lowest BCUT2D eigenvalue weighted by atomic mass is 10.1. The van der Waals surface area contributed by atoms with Gasteiger partial charge in [-0.05, 0) is 30.2 Å². The Balaban J connectivity index is 1.97. The molecule has 0 aliphatic rings. The Morgan fingerprint density at radius 3 is 2.75 bits per heavy atom. The zero-order valence-corrected chi connectivity index (χ0v) is 12.8. The van der Waals surface area contributed by atoms with Crippen LogP contribution in [0, 0.1) is 6.92 Å². The van der Waals surface area contributed by atoms with Crippen LogP contribution in [-0.4, -0.2) is 9.55 Å². The monoisotopic (exact) mass is 326 g/mol. The topological polar surface area (TPSA) is 17.8 Å². The molecule has 0 spiro atoms. The van der Waals surface area contributed by atoms with E-state index in [1.807, 2.05) is 18.5 Å². The molecule has 20 heavy (non-hydrogen) atoms. The van der Waals surface area contributed by atoms with Gasteiger partial charge in [0.25, 0.3) is 0 Å². The molecule has 2 aromatic carbocycles. The molecule has 0 saturated carbocycles. The van der Waals surface area contributed by atoms with E-state index in [2.05, 4.69) is 74.9 Å². The molecule has 0 atom stereocenters. The average molecular weight is 327 g/mol. The summed E-state index contributed by atoms with van der Waals surface area (Å²) < 4.78 is 3.29. The molecule has 0 N–H and O–H groups in total. The fourth-order valence-corrected chi connectivity index (χ4v) is 2.78. The molecule has 0 radical (unpaired) electrons. The number of halogens is 1. The van der Waals surface area contributed by atoms with Gasteiger partial charge in [-0.2, -0.15) is 0 Å². The lowest BCUT2D eigenvalue weighted by Gasteiger charge is -2.10. The zero-order chi connectivity index (χ0) is 13.9. The van der Waals surface area contributed by atoms with E-state index in [1.165, 1.54) is 16.7 Å². The van der Waals surface area contributed by atoms with Crippen molar-refractivity contribution in [3.8, 4) is 11.4 Å². The number of aryl methyl sites for hydroxylation is 1. The first-order valence-corrected chi connectivity index (χ1v) is 7.35. The van der Waals surface area contributed by atoms with Gasteiger partial charge in [0.05, 0.1) is 0 Å². The van der Waals surface area contributed by atoms with E-state index in [0.717, 1.165) is 16.8 Å². The van der Waals surface area contributed by atoms with Crippen LogP contribution in [0.15, 0.2) is 65.4 Å². The van der Waals surface area contributed by atoms with Crippen LogP contribution < -0.4 is 0 Å². The number of hydrogen-bond acceptors (Lipinski definition) is 1. The predicted octanol–water partition coefficient (Wildman–Crippen LogP) is 4.67. The maximum Gasteiger partial charge on any atom is 0.140 e. The van der Waals surface area contributed by atoms with Crippen LogP contribution >= 0.6 is 15.9 Å². The third-order valence-corrected chi connectivity index (χ3v) is 3.84. The van der Waals surface area contributed by atoms with Crippen molar-refractivity contribution < 1.29 is 0 Å². The first-order valence-electron chi connectivity index (χ1n) is 6.55. The smallest absolute Gasteiger partial charge is 0.140 e. The maximum atomic E-state index is 4.52. The standard InChI is InChI=1S/C17H15BrN2/c1-13-5-2-3-8-16(13)17-19-9-10-20(17)12-14-6-4-7-15(18)11-14/h2-11H,12H2,1H3. The van der Waals surface area contributed by atoms with Crippen molar-refractivity contribution in [2.24, 2.45) is 0 Å². The summed E-state index contributed by atoms with van der Waals surface area (Å²) in [5, 5.41) is 0. The Morgan fingerprint density at radius 1 is 1.10 bits per heavy atom. The fourth-order valence-electron chi connectivity index (χ4n) is 2.34. The minimum absolute atomic E-state index is 0.823. The van der Waals surface area contributed by atoms with E-state index in [4.69, 9.17) is 0 Å². The molecule has 0 fully saturated rings. The van der Waals surface area contributed by atoms with Crippen molar-refractivity contribution >= 4 is 15.9 Å². The van der Waals surface area contributed by atoms with Crippen LogP contribution in [0.2, 0.25) is 0 Å². The van der Waals surface area contributed by atoms with Crippen molar-refractivity contribution in [3.05, 3.63) is 76.5 Å². The van der Waals surface area contributed by atoms with Crippen molar-refractivity contribution in [2.75, 3.05) is 0 Å². The quantitative estimate of drug-likeness (QED) is 0.683. The van der Waals surface area contributed by atoms with Gasteiger partial charge in [-0.1, -0.05) is 52.3 Å². The van der Waals surface area contributed by atoms with E-state index in [1.54, 1.807) is 0 Å². The molecule has 3 aromatic rings. The molecule has 3 heteroatoms. The molecule has 0 bridgehead atoms. The van der Waals surface area contributed by atoms with Crippen molar-refractivity contribution in [3.63, 3.8) is 0 Å². The average Bonchev–Trinajstić information content (AvgIpc) is 2.87. The van der Waals surface area contributed by atoms with Gasteiger partial charge in [-0.15, -0.1) is 0 Å². The van der Waals surface area contributed by atoms with Gasteiger partial charge < -0.3 is 4.57 Å². The van der Waals surface area contributed by atoms with Crippen LogP contribution in [0.1, 0.15) is 11.1 Å². The van der Waals surface area contributed by atoms with Crippen molar-refractivity contribution in [2.45, 2.75) is 13.5 Å². The first kappa shape index (κ1) is 13.1. The Hall–Kier alpha value is -1.87. The molecular weight excluding hydrogens is 312 g/mol. The number of aromatic nitrogens is 2. The zero-order valence-electron chi connectivity index (χ0n) is 11.3. The van der Waals surface area contributed by atoms with Gasteiger partial charge in [-0.25, -0.2) is 4.98 Å². The second kappa shape index (κ2) is 5.63. The highest BCUT2D eigenvalue weighted by atomic mass is 79.9. The van der Waals surface area contributed by atoms with Gasteiger partial charge in [-0.3, -0.25) is 0 Å². The molecular formula is C17H15BrN2. The van der Waals surface area contributed by atoms with Crippen LogP contribution in [0.5, 0.6) is 0 Å². The van der Waals surface area contributed by atoms with Crippen molar-refractivity contribution in [1.82, 2.24) is 9.55 Å². The summed E-state index contributed by atoms with van der Waals surface area (Å²) in [4.78, 5) is 4.52. The van der Waals surface area contributed by atoms with E-state index in [-0.39, 0.29) is 0 Å². The van der Waals surface area contributed by atoms with Crippen molar-refractivity contribution in [1.29, 1.82) is 0 Å². The van der Waals surface area contributed by atoms with E-state index < -0.39 is 0 Å². The molecule has 2 nitrogen and oxygen atoms in total. The van der Waals surface area contributed by atoms with Gasteiger partial charge in [0.15, 0.2) is 0 Å². The second-order valence-electron chi connectivity index (χ2n) is 4.82. The van der Waals surface area contributed by atoms with Crippen LogP contribution in [-0.2, 0) is 6.54 Å². The Labute approximate surface area is 127 Å². The SMILES string of the molecule is Cc1ccccc1-c1nccn1Cc1cccc(Br)c1. The number of rotatable bonds is 3. The summed E-state index contributed by atoms with van der Waals surface area (Å²) >= 11 is 3.52. The number of nitrogens with zero attached hydrogens (tertiary/aromatic N) is 2. The summed E-state index contributed by atoms with van der Waals surface area (Å²) in [5.74, 6) is 1.02. The minimum Gasteiger partial charge on any atom is -0.327 e. The van der Waals surface area contributed by atoms with E-state index >= 15 is 0 Å². The third-order valence-electron chi connectivity index (χ3n) is 3.34. The van der Waals surface area contributed by atoms with Gasteiger partial charge >= 0.3 is 0 Å². The number of hydrogen-bond donors (Lipinski definition) is 0. The van der Waals surface area contributed by atoms with E-state index in [9.17, 15) is 0 Å². The molecule has 0 amide bonds. The fraction of sp³-hybridized carbons (Fsp3) is 0.118. The molecule has 1 heterocycles. The van der Waals surface area contributed by atoms with Crippen LogP contribution in [0.25, 0.3) is 11.4 Å². The second-order valence-corrected chi connectivity index (χ2v) is 5.74. The molecule has 0 aliphatic heterocycles. The lowest BCUT2D eigenvalue weighted by Crippen LogP contribution is -2.01. The molecule has 100 valence electrons. The summed E-state index contributed by atoms with van der Waals surface area (Å²) in [6.45, 7) is 2.94. The first-order chi connectivity index (χ1) is 9.74. The minimum atomic E-state index is 0.823. The summed E-state index contributed by atoms with van der Waals surface area (Å²) in [5.41, 5.74) is 3.69. The summed E-state index contributed by atoms with van der Waals surface area (Å²) in [6, 6.07) is 16.7. The van der Waals surface area contributed by atoms with Gasteiger partial charge in [0.1, 0.15) is 5.82 Å². The third kappa shape index (κ3) is 2.68. The largest absolute Gasteiger partial charge is 0.327 e. The molecule has 0 aliphatic carbocycles. The molecule has 0 saturated heterocycles. The number of imidazole rings is 1. The highest BCUT2D eigenvalue weighted by molar-refractivity contribution is 9.10.